The predicted octanol–water partition coefficient (Wildman–Crippen LogP) is 5.93. The van der Waals surface area contributed by atoms with E-state index in [1.807, 2.05) is 0 Å². The second-order valence-electron chi connectivity index (χ2n) is 10.3. The first-order valence-corrected chi connectivity index (χ1v) is 12.5. The molecule has 0 spiro atoms. The van der Waals surface area contributed by atoms with Crippen molar-refractivity contribution in [3.63, 3.8) is 0 Å². The minimum atomic E-state index is -3.80. The molecule has 2 aromatic carbocycles. The van der Waals surface area contributed by atoms with Crippen LogP contribution in [0.1, 0.15) is 56.6 Å². The van der Waals surface area contributed by atoms with E-state index in [1.54, 1.807) is 33.1 Å². The highest BCUT2D eigenvalue weighted by Gasteiger charge is 2.49. The Balaban J connectivity index is 1.68. The van der Waals surface area contributed by atoms with Gasteiger partial charge in [0.2, 0.25) is 0 Å². The number of fused-ring (bicyclic) bond motifs is 1. The van der Waals surface area contributed by atoms with E-state index in [4.69, 9.17) is 14.2 Å². The topological polar surface area (TPSA) is 85.7 Å². The first-order chi connectivity index (χ1) is 17.9. The molecular weight excluding hydrogens is 499 g/mol. The molecule has 1 aliphatic rings. The van der Waals surface area contributed by atoms with Crippen LogP contribution in [0.5, 0.6) is 11.5 Å². The minimum absolute atomic E-state index is 0.00759. The Morgan fingerprint density at radius 1 is 1.13 bits per heavy atom. The third-order valence-corrected chi connectivity index (χ3v) is 6.90. The summed E-state index contributed by atoms with van der Waals surface area (Å²) in [6, 6.07) is 6.49. The zero-order valence-corrected chi connectivity index (χ0v) is 22.4. The second kappa shape index (κ2) is 10.6. The average Bonchev–Trinajstić information content (AvgIpc) is 3.68. The van der Waals surface area contributed by atoms with Crippen molar-refractivity contribution in [1.82, 2.24) is 9.97 Å². The van der Waals surface area contributed by atoms with Crippen molar-refractivity contribution >= 4 is 16.7 Å². The van der Waals surface area contributed by atoms with Gasteiger partial charge in [0.1, 0.15) is 29.7 Å². The third-order valence-electron chi connectivity index (χ3n) is 6.90. The van der Waals surface area contributed by atoms with Crippen LogP contribution >= 0.6 is 0 Å². The Kier molecular flexibility index (Phi) is 7.76. The van der Waals surface area contributed by atoms with Gasteiger partial charge in [0.15, 0.2) is 11.5 Å². The normalized spacial score (nSPS) is 15.8. The van der Waals surface area contributed by atoms with Crippen molar-refractivity contribution in [3.8, 4) is 11.5 Å². The van der Waals surface area contributed by atoms with Gasteiger partial charge >= 0.3 is 5.92 Å². The number of aryl methyl sites for hydroxylation is 1. The summed E-state index contributed by atoms with van der Waals surface area (Å²) in [5.74, 6) is -2.60. The second-order valence-corrected chi connectivity index (χ2v) is 10.3. The fraction of sp³-hybridized carbons (Fsp3) is 0.500. The summed E-state index contributed by atoms with van der Waals surface area (Å²) in [6.45, 7) is 5.61. The van der Waals surface area contributed by atoms with Crippen molar-refractivity contribution in [2.24, 2.45) is 5.92 Å². The van der Waals surface area contributed by atoms with E-state index in [0.29, 0.717) is 46.6 Å². The third kappa shape index (κ3) is 5.51. The molecular formula is C28H34F3N3O4. The van der Waals surface area contributed by atoms with Crippen LogP contribution in [0.25, 0.3) is 10.9 Å². The molecule has 1 unspecified atom stereocenters. The number of halogens is 3. The minimum Gasteiger partial charge on any atom is -0.493 e. The van der Waals surface area contributed by atoms with Gasteiger partial charge in [-0.15, -0.1) is 0 Å². The van der Waals surface area contributed by atoms with Crippen molar-refractivity contribution in [3.05, 3.63) is 53.1 Å². The molecule has 1 aliphatic carbocycles. The summed E-state index contributed by atoms with van der Waals surface area (Å²) in [7, 11) is 3.20. The number of methoxy groups -OCH3 is 2. The highest BCUT2D eigenvalue weighted by molar-refractivity contribution is 5.92. The smallest absolute Gasteiger partial charge is 0.303 e. The number of rotatable bonds is 11. The molecule has 206 valence electrons. The van der Waals surface area contributed by atoms with Crippen LogP contribution in [0, 0.1) is 18.7 Å². The fourth-order valence-corrected chi connectivity index (χ4v) is 4.41. The zero-order chi connectivity index (χ0) is 27.8. The molecule has 1 fully saturated rings. The molecule has 0 bridgehead atoms. The molecule has 38 heavy (non-hydrogen) atoms. The van der Waals surface area contributed by atoms with E-state index < -0.39 is 28.9 Å². The molecule has 1 heterocycles. The van der Waals surface area contributed by atoms with Gasteiger partial charge < -0.3 is 24.6 Å². The monoisotopic (exact) mass is 533 g/mol. The lowest BCUT2D eigenvalue weighted by molar-refractivity contribution is -0.170. The van der Waals surface area contributed by atoms with Crippen molar-refractivity contribution in [2.45, 2.75) is 64.2 Å². The van der Waals surface area contributed by atoms with Gasteiger partial charge in [-0.3, -0.25) is 0 Å². The maximum Gasteiger partial charge on any atom is 0.303 e. The van der Waals surface area contributed by atoms with E-state index in [2.05, 4.69) is 15.3 Å². The molecule has 4 rings (SSSR count). The van der Waals surface area contributed by atoms with Crippen LogP contribution in [-0.4, -0.2) is 47.6 Å². The Bertz CT molecular complexity index is 1310. The largest absolute Gasteiger partial charge is 0.493 e. The highest BCUT2D eigenvalue weighted by Crippen LogP contribution is 2.42. The Morgan fingerprint density at radius 2 is 1.84 bits per heavy atom. The fourth-order valence-electron chi connectivity index (χ4n) is 4.41. The van der Waals surface area contributed by atoms with Crippen molar-refractivity contribution in [2.75, 3.05) is 26.1 Å². The van der Waals surface area contributed by atoms with E-state index in [9.17, 15) is 13.9 Å². The van der Waals surface area contributed by atoms with E-state index in [-0.39, 0.29) is 11.7 Å². The first kappa shape index (κ1) is 27.9. The molecule has 0 saturated heterocycles. The molecule has 1 aromatic heterocycles. The Labute approximate surface area is 220 Å². The van der Waals surface area contributed by atoms with E-state index >= 15 is 4.39 Å². The van der Waals surface area contributed by atoms with Crippen molar-refractivity contribution in [1.29, 1.82) is 0 Å². The molecule has 10 heteroatoms. The van der Waals surface area contributed by atoms with Gasteiger partial charge in [-0.2, -0.15) is 8.78 Å². The number of aliphatic hydroxyl groups is 1. The van der Waals surface area contributed by atoms with Crippen LogP contribution in [0.4, 0.5) is 19.0 Å². The number of hydrogen-bond donors (Lipinski definition) is 2. The number of aromatic nitrogens is 2. The Hall–Kier alpha value is -3.11. The number of alkyl halides is 2. The van der Waals surface area contributed by atoms with Gasteiger partial charge in [0.05, 0.1) is 30.3 Å². The summed E-state index contributed by atoms with van der Waals surface area (Å²) in [6.07, 6.45) is 2.18. The van der Waals surface area contributed by atoms with Gasteiger partial charge in [-0.25, -0.2) is 14.4 Å². The molecule has 0 aliphatic heterocycles. The standard InChI is InChI=1S/C28H34F3N3O4/c1-15(18-8-7-9-20(25(18)29)28(30,31)27(3,4)35)32-26-19-12-23(38-14-24(37-6)17-10-11-17)22(36-5)13-21(19)33-16(2)34-26/h7-9,12-13,15,17,24,35H,10-11,14H2,1-6H3,(H,32,33,34)/t15-,24?/m1/s1. The summed E-state index contributed by atoms with van der Waals surface area (Å²) in [5.41, 5.74) is -2.73. The van der Waals surface area contributed by atoms with Crippen molar-refractivity contribution < 1.29 is 32.5 Å². The number of nitrogens with zero attached hydrogens (tertiary/aromatic N) is 2. The average molecular weight is 534 g/mol. The quantitative estimate of drug-likeness (QED) is 0.316. The van der Waals surface area contributed by atoms with E-state index in [0.717, 1.165) is 32.8 Å². The predicted molar refractivity (Wildman–Crippen MR) is 138 cm³/mol. The lowest BCUT2D eigenvalue weighted by atomic mass is 9.91. The summed E-state index contributed by atoms with van der Waals surface area (Å²) < 4.78 is 62.2. The molecule has 1 saturated carbocycles. The molecule has 3 aromatic rings. The lowest BCUT2D eigenvalue weighted by Crippen LogP contribution is -2.41. The Morgan fingerprint density at radius 3 is 2.45 bits per heavy atom. The van der Waals surface area contributed by atoms with Crippen LogP contribution in [0.3, 0.4) is 0 Å². The molecule has 2 N–H and O–H groups in total. The highest BCUT2D eigenvalue weighted by atomic mass is 19.3. The van der Waals surface area contributed by atoms with Crippen LogP contribution < -0.4 is 14.8 Å². The summed E-state index contributed by atoms with van der Waals surface area (Å²) in [4.78, 5) is 8.99. The van der Waals surface area contributed by atoms with E-state index in [1.165, 1.54) is 19.2 Å². The molecule has 0 radical (unpaired) electrons. The van der Waals surface area contributed by atoms with Gasteiger partial charge in [0.25, 0.3) is 0 Å². The number of benzene rings is 2. The number of ether oxygens (including phenoxy) is 3. The maximum absolute atomic E-state index is 15.4. The zero-order valence-electron chi connectivity index (χ0n) is 22.4. The number of anilines is 1. The molecule has 7 nitrogen and oxygen atoms in total. The summed E-state index contributed by atoms with van der Waals surface area (Å²) in [5, 5.41) is 13.7. The number of hydrogen-bond acceptors (Lipinski definition) is 7. The number of nitrogens with one attached hydrogen (secondary N) is 1. The van der Waals surface area contributed by atoms with Crippen LogP contribution in [0.2, 0.25) is 0 Å². The lowest BCUT2D eigenvalue weighted by Gasteiger charge is -2.30. The van der Waals surface area contributed by atoms with Crippen LogP contribution in [0.15, 0.2) is 30.3 Å². The summed E-state index contributed by atoms with van der Waals surface area (Å²) >= 11 is 0. The molecule has 0 amide bonds. The van der Waals surface area contributed by atoms with Gasteiger partial charge in [-0.05, 0) is 58.6 Å². The van der Waals surface area contributed by atoms with Gasteiger partial charge in [0, 0.05) is 24.1 Å². The maximum atomic E-state index is 15.4. The first-order valence-electron chi connectivity index (χ1n) is 12.5. The van der Waals surface area contributed by atoms with Crippen LogP contribution in [-0.2, 0) is 10.7 Å². The van der Waals surface area contributed by atoms with Gasteiger partial charge in [-0.1, -0.05) is 12.1 Å². The SMILES string of the molecule is COc1cc2nc(C)nc(N[C@H](C)c3cccc(C(F)(F)C(C)(C)O)c3F)c2cc1OCC(OC)C1CC1. The molecule has 2 atom stereocenters.